The second-order valence-electron chi connectivity index (χ2n) is 6.15. The zero-order chi connectivity index (χ0) is 18.6. The molecule has 1 aliphatic heterocycles. The Morgan fingerprint density at radius 1 is 0.926 bits per heavy atom. The van der Waals surface area contributed by atoms with Crippen molar-refractivity contribution in [3.05, 3.63) is 65.7 Å². The Hall–Kier alpha value is -3.35. The van der Waals surface area contributed by atoms with E-state index in [4.69, 9.17) is 9.47 Å². The topological polar surface area (TPSA) is 68.3 Å². The highest BCUT2D eigenvalue weighted by molar-refractivity contribution is 5.63. The number of rotatable bonds is 5. The molecule has 138 valence electrons. The standard InChI is InChI=1S/C20H19FN4O2/c1-13-23-19(22-12-14-2-4-15(21)5-3-14)11-20(24-13)25-16-6-7-17-18(10-16)27-9-8-26-17/h2-7,10-11H,8-9,12H2,1H3,(H2,22,23,24,25). The van der Waals surface area contributed by atoms with Crippen LogP contribution in [0.3, 0.4) is 0 Å². The fourth-order valence-electron chi connectivity index (χ4n) is 2.79. The maximum absolute atomic E-state index is 13.0. The number of hydrogen-bond donors (Lipinski definition) is 2. The van der Waals surface area contributed by atoms with Crippen molar-refractivity contribution in [2.75, 3.05) is 23.8 Å². The van der Waals surface area contributed by atoms with Crippen molar-refractivity contribution in [3.63, 3.8) is 0 Å². The summed E-state index contributed by atoms with van der Waals surface area (Å²) in [5.74, 6) is 3.20. The summed E-state index contributed by atoms with van der Waals surface area (Å²) in [7, 11) is 0. The van der Waals surface area contributed by atoms with E-state index < -0.39 is 0 Å². The third kappa shape index (κ3) is 4.25. The number of aryl methyl sites for hydroxylation is 1. The van der Waals surface area contributed by atoms with Gasteiger partial charge in [-0.1, -0.05) is 12.1 Å². The molecule has 0 radical (unpaired) electrons. The Balaban J connectivity index is 1.47. The van der Waals surface area contributed by atoms with Crippen LogP contribution in [-0.4, -0.2) is 23.2 Å². The van der Waals surface area contributed by atoms with E-state index in [2.05, 4.69) is 20.6 Å². The number of nitrogens with zero attached hydrogens (tertiary/aromatic N) is 2. The van der Waals surface area contributed by atoms with Crippen LogP contribution in [0.4, 0.5) is 21.7 Å². The van der Waals surface area contributed by atoms with E-state index >= 15 is 0 Å². The predicted octanol–water partition coefficient (Wildman–Crippen LogP) is 4.05. The average Bonchev–Trinajstić information content (AvgIpc) is 2.67. The van der Waals surface area contributed by atoms with Crippen molar-refractivity contribution >= 4 is 17.3 Å². The van der Waals surface area contributed by atoms with Crippen molar-refractivity contribution in [1.82, 2.24) is 9.97 Å². The lowest BCUT2D eigenvalue weighted by Crippen LogP contribution is -2.15. The zero-order valence-electron chi connectivity index (χ0n) is 14.8. The maximum atomic E-state index is 13.0. The molecule has 27 heavy (non-hydrogen) atoms. The van der Waals surface area contributed by atoms with Crippen LogP contribution in [0.2, 0.25) is 0 Å². The Kier molecular flexibility index (Phi) is 4.74. The van der Waals surface area contributed by atoms with Crippen LogP contribution in [0.1, 0.15) is 11.4 Å². The third-order valence-corrected chi connectivity index (χ3v) is 4.04. The predicted molar refractivity (Wildman–Crippen MR) is 101 cm³/mol. The molecule has 0 amide bonds. The maximum Gasteiger partial charge on any atom is 0.163 e. The summed E-state index contributed by atoms with van der Waals surface area (Å²) < 4.78 is 24.1. The Labute approximate surface area is 156 Å². The molecule has 2 N–H and O–H groups in total. The zero-order valence-corrected chi connectivity index (χ0v) is 14.8. The fourth-order valence-corrected chi connectivity index (χ4v) is 2.79. The molecule has 0 saturated carbocycles. The fraction of sp³-hybridized carbons (Fsp3) is 0.200. The minimum Gasteiger partial charge on any atom is -0.486 e. The van der Waals surface area contributed by atoms with Crippen LogP contribution in [0.25, 0.3) is 0 Å². The van der Waals surface area contributed by atoms with Crippen LogP contribution in [0.15, 0.2) is 48.5 Å². The second kappa shape index (κ2) is 7.49. The molecule has 0 atom stereocenters. The highest BCUT2D eigenvalue weighted by Crippen LogP contribution is 2.33. The number of ether oxygens (including phenoxy) is 2. The van der Waals surface area contributed by atoms with E-state index in [0.29, 0.717) is 43.0 Å². The number of nitrogens with one attached hydrogen (secondary N) is 2. The number of hydrogen-bond acceptors (Lipinski definition) is 6. The molecule has 0 saturated heterocycles. The molecule has 2 aromatic carbocycles. The van der Waals surface area contributed by atoms with Crippen LogP contribution in [0, 0.1) is 12.7 Å². The third-order valence-electron chi connectivity index (χ3n) is 4.04. The minimum atomic E-state index is -0.248. The van der Waals surface area contributed by atoms with Gasteiger partial charge >= 0.3 is 0 Å². The van der Waals surface area contributed by atoms with Crippen molar-refractivity contribution in [2.45, 2.75) is 13.5 Å². The lowest BCUT2D eigenvalue weighted by Gasteiger charge is -2.19. The van der Waals surface area contributed by atoms with Gasteiger partial charge in [0.1, 0.15) is 36.5 Å². The van der Waals surface area contributed by atoms with Crippen LogP contribution < -0.4 is 20.1 Å². The molecule has 1 aliphatic rings. The quantitative estimate of drug-likeness (QED) is 0.710. The highest BCUT2D eigenvalue weighted by Gasteiger charge is 2.12. The van der Waals surface area contributed by atoms with Gasteiger partial charge in [-0.05, 0) is 36.8 Å². The van der Waals surface area contributed by atoms with Crippen LogP contribution >= 0.6 is 0 Å². The summed E-state index contributed by atoms with van der Waals surface area (Å²) in [5, 5.41) is 6.50. The Morgan fingerprint density at radius 3 is 2.48 bits per heavy atom. The van der Waals surface area contributed by atoms with E-state index in [9.17, 15) is 4.39 Å². The van der Waals surface area contributed by atoms with E-state index in [1.807, 2.05) is 31.2 Å². The van der Waals surface area contributed by atoms with Crippen molar-refractivity contribution in [3.8, 4) is 11.5 Å². The summed E-state index contributed by atoms with van der Waals surface area (Å²) in [6, 6.07) is 13.9. The first-order valence-corrected chi connectivity index (χ1v) is 8.66. The molecule has 0 unspecified atom stereocenters. The van der Waals surface area contributed by atoms with E-state index in [1.165, 1.54) is 12.1 Å². The average molecular weight is 366 g/mol. The first-order valence-electron chi connectivity index (χ1n) is 8.66. The van der Waals surface area contributed by atoms with Gasteiger partial charge < -0.3 is 20.1 Å². The number of halogens is 1. The summed E-state index contributed by atoms with van der Waals surface area (Å²) in [5.41, 5.74) is 1.82. The summed E-state index contributed by atoms with van der Waals surface area (Å²) in [6.45, 7) is 3.48. The first-order chi connectivity index (χ1) is 13.2. The summed E-state index contributed by atoms with van der Waals surface area (Å²) in [4.78, 5) is 8.82. The number of benzene rings is 2. The molecule has 0 fully saturated rings. The summed E-state index contributed by atoms with van der Waals surface area (Å²) in [6.07, 6.45) is 0. The lowest BCUT2D eigenvalue weighted by molar-refractivity contribution is 0.171. The molecular weight excluding hydrogens is 347 g/mol. The molecule has 7 heteroatoms. The molecule has 0 spiro atoms. The van der Waals surface area contributed by atoms with E-state index in [-0.39, 0.29) is 5.82 Å². The molecule has 0 bridgehead atoms. The number of fused-ring (bicyclic) bond motifs is 1. The number of anilines is 3. The smallest absolute Gasteiger partial charge is 0.163 e. The van der Waals surface area contributed by atoms with Gasteiger partial charge in [0.15, 0.2) is 11.5 Å². The van der Waals surface area contributed by atoms with Crippen molar-refractivity contribution < 1.29 is 13.9 Å². The normalized spacial score (nSPS) is 12.5. The van der Waals surface area contributed by atoms with Gasteiger partial charge in [0.2, 0.25) is 0 Å². The second-order valence-corrected chi connectivity index (χ2v) is 6.15. The van der Waals surface area contributed by atoms with Gasteiger partial charge in [0.25, 0.3) is 0 Å². The number of aromatic nitrogens is 2. The molecular formula is C20H19FN4O2. The van der Waals surface area contributed by atoms with Gasteiger partial charge in [0.05, 0.1) is 0 Å². The van der Waals surface area contributed by atoms with Crippen molar-refractivity contribution in [2.24, 2.45) is 0 Å². The van der Waals surface area contributed by atoms with Gasteiger partial charge in [-0.25, -0.2) is 14.4 Å². The van der Waals surface area contributed by atoms with Crippen molar-refractivity contribution in [1.29, 1.82) is 0 Å². The molecule has 3 aromatic rings. The van der Waals surface area contributed by atoms with Gasteiger partial charge in [0, 0.05) is 24.4 Å². The van der Waals surface area contributed by atoms with E-state index in [1.54, 1.807) is 12.1 Å². The van der Waals surface area contributed by atoms with Crippen LogP contribution in [0.5, 0.6) is 11.5 Å². The molecule has 6 nitrogen and oxygen atoms in total. The van der Waals surface area contributed by atoms with E-state index in [0.717, 1.165) is 17.0 Å². The minimum absolute atomic E-state index is 0.248. The van der Waals surface area contributed by atoms with Crippen LogP contribution in [-0.2, 0) is 6.54 Å². The summed E-state index contributed by atoms with van der Waals surface area (Å²) >= 11 is 0. The SMILES string of the molecule is Cc1nc(NCc2ccc(F)cc2)cc(Nc2ccc3c(c2)OCCO3)n1. The van der Waals surface area contributed by atoms with Gasteiger partial charge in [-0.15, -0.1) is 0 Å². The highest BCUT2D eigenvalue weighted by atomic mass is 19.1. The first kappa shape index (κ1) is 17.1. The largest absolute Gasteiger partial charge is 0.486 e. The molecule has 1 aromatic heterocycles. The monoisotopic (exact) mass is 366 g/mol. The van der Waals surface area contributed by atoms with Gasteiger partial charge in [-0.3, -0.25) is 0 Å². The lowest BCUT2D eigenvalue weighted by atomic mass is 10.2. The Bertz CT molecular complexity index is 947. The Morgan fingerprint density at radius 2 is 1.67 bits per heavy atom. The molecule has 4 rings (SSSR count). The van der Waals surface area contributed by atoms with Gasteiger partial charge in [-0.2, -0.15) is 0 Å². The molecule has 2 heterocycles. The molecule has 0 aliphatic carbocycles.